The fraction of sp³-hybridized carbons (Fsp3) is 0.318. The van der Waals surface area contributed by atoms with E-state index in [1.54, 1.807) is 22.4 Å². The first-order valence-corrected chi connectivity index (χ1v) is 9.83. The lowest BCUT2D eigenvalue weighted by molar-refractivity contribution is 0.234. The number of aryl methyl sites for hydroxylation is 1. The molecule has 8 heteroatoms. The van der Waals surface area contributed by atoms with Crippen molar-refractivity contribution in [3.63, 3.8) is 0 Å². The summed E-state index contributed by atoms with van der Waals surface area (Å²) in [6.07, 6.45) is 3.60. The van der Waals surface area contributed by atoms with E-state index in [1.165, 1.54) is 24.4 Å². The molecule has 0 aliphatic carbocycles. The van der Waals surface area contributed by atoms with Gasteiger partial charge in [-0.15, -0.1) is 0 Å². The van der Waals surface area contributed by atoms with E-state index in [9.17, 15) is 9.18 Å². The Balaban J connectivity index is 1.91. The Bertz CT molecular complexity index is 1360. The van der Waals surface area contributed by atoms with Gasteiger partial charge in [0.05, 0.1) is 39.7 Å². The van der Waals surface area contributed by atoms with Crippen LogP contribution in [0, 0.1) is 17.7 Å². The first-order chi connectivity index (χ1) is 14.4. The molecule has 1 aromatic carbocycles. The number of ether oxygens (including phenoxy) is 1. The Labute approximate surface area is 170 Å². The zero-order valence-corrected chi connectivity index (χ0v) is 16.8. The molecule has 4 heterocycles. The van der Waals surface area contributed by atoms with Crippen molar-refractivity contribution in [2.75, 3.05) is 6.61 Å². The molecule has 30 heavy (non-hydrogen) atoms. The van der Waals surface area contributed by atoms with Crippen molar-refractivity contribution in [3.05, 3.63) is 52.8 Å². The molecule has 0 saturated carbocycles. The summed E-state index contributed by atoms with van der Waals surface area (Å²) >= 11 is 0. The highest BCUT2D eigenvalue weighted by molar-refractivity contribution is 6.09. The SMILES string of the molecule is CC(C)C[C@H]1COc2c(-c3ccc(F)nc3)c(F)cc3ncc4c(c23)n1c(=O)n4C. The molecule has 0 saturated heterocycles. The summed E-state index contributed by atoms with van der Waals surface area (Å²) in [6.45, 7) is 4.38. The summed E-state index contributed by atoms with van der Waals surface area (Å²) < 4.78 is 38.0. The summed E-state index contributed by atoms with van der Waals surface area (Å²) in [4.78, 5) is 21.2. The number of hydrogen-bond acceptors (Lipinski definition) is 4. The minimum absolute atomic E-state index is 0.157. The van der Waals surface area contributed by atoms with Crippen molar-refractivity contribution in [1.82, 2.24) is 19.1 Å². The van der Waals surface area contributed by atoms with Crippen LogP contribution in [0.1, 0.15) is 26.3 Å². The number of aromatic nitrogens is 4. The maximum absolute atomic E-state index is 15.2. The zero-order valence-electron chi connectivity index (χ0n) is 16.8. The van der Waals surface area contributed by atoms with Gasteiger partial charge in [0, 0.05) is 24.9 Å². The maximum atomic E-state index is 15.2. The predicted octanol–water partition coefficient (Wildman–Crippen LogP) is 4.21. The van der Waals surface area contributed by atoms with E-state index in [4.69, 9.17) is 4.74 Å². The van der Waals surface area contributed by atoms with Crippen LogP contribution in [0.15, 0.2) is 35.4 Å². The van der Waals surface area contributed by atoms with Crippen molar-refractivity contribution < 1.29 is 13.5 Å². The molecule has 1 aliphatic rings. The van der Waals surface area contributed by atoms with Crippen LogP contribution in [0.3, 0.4) is 0 Å². The average molecular weight is 410 g/mol. The lowest BCUT2D eigenvalue weighted by Crippen LogP contribution is -2.29. The van der Waals surface area contributed by atoms with Crippen LogP contribution in [0.25, 0.3) is 33.1 Å². The topological polar surface area (TPSA) is 61.9 Å². The van der Waals surface area contributed by atoms with Crippen LogP contribution in [0.4, 0.5) is 8.78 Å². The molecule has 0 unspecified atom stereocenters. The number of imidazole rings is 1. The van der Waals surface area contributed by atoms with Crippen LogP contribution in [-0.4, -0.2) is 25.7 Å². The van der Waals surface area contributed by atoms with Crippen LogP contribution >= 0.6 is 0 Å². The van der Waals surface area contributed by atoms with Crippen molar-refractivity contribution in [2.24, 2.45) is 13.0 Å². The Morgan fingerprint density at radius 2 is 2.03 bits per heavy atom. The Hall–Kier alpha value is -3.29. The highest BCUT2D eigenvalue weighted by Crippen LogP contribution is 2.44. The Morgan fingerprint density at radius 1 is 1.23 bits per heavy atom. The van der Waals surface area contributed by atoms with Crippen LogP contribution in [0.2, 0.25) is 0 Å². The minimum atomic E-state index is -0.648. The molecule has 1 aliphatic heterocycles. The van der Waals surface area contributed by atoms with Gasteiger partial charge in [0.2, 0.25) is 5.95 Å². The number of pyridine rings is 2. The smallest absolute Gasteiger partial charge is 0.329 e. The molecule has 0 bridgehead atoms. The highest BCUT2D eigenvalue weighted by Gasteiger charge is 2.30. The van der Waals surface area contributed by atoms with Crippen LogP contribution < -0.4 is 10.4 Å². The van der Waals surface area contributed by atoms with Crippen molar-refractivity contribution >= 4 is 21.9 Å². The van der Waals surface area contributed by atoms with Gasteiger partial charge in [-0.1, -0.05) is 13.8 Å². The van der Waals surface area contributed by atoms with Gasteiger partial charge in [-0.25, -0.2) is 14.2 Å². The molecule has 0 fully saturated rings. The van der Waals surface area contributed by atoms with Gasteiger partial charge < -0.3 is 4.74 Å². The number of halogens is 2. The maximum Gasteiger partial charge on any atom is 0.329 e. The zero-order chi connectivity index (χ0) is 21.2. The quantitative estimate of drug-likeness (QED) is 0.475. The first kappa shape index (κ1) is 18.7. The summed E-state index contributed by atoms with van der Waals surface area (Å²) in [5, 5.41) is 0.581. The molecule has 4 aromatic rings. The summed E-state index contributed by atoms with van der Waals surface area (Å²) in [6, 6.07) is 3.77. The highest BCUT2D eigenvalue weighted by atomic mass is 19.1. The number of benzene rings is 1. The fourth-order valence-electron chi connectivity index (χ4n) is 4.36. The van der Waals surface area contributed by atoms with Crippen molar-refractivity contribution in [1.29, 1.82) is 0 Å². The molecular weight excluding hydrogens is 390 g/mol. The van der Waals surface area contributed by atoms with E-state index in [2.05, 4.69) is 23.8 Å². The second-order valence-corrected chi connectivity index (χ2v) is 8.12. The molecule has 3 aromatic heterocycles. The van der Waals surface area contributed by atoms with E-state index >= 15 is 4.39 Å². The summed E-state index contributed by atoms with van der Waals surface area (Å²) in [7, 11) is 1.71. The normalized spacial score (nSPS) is 15.9. The molecule has 154 valence electrons. The third-order valence-electron chi connectivity index (χ3n) is 5.66. The third-order valence-corrected chi connectivity index (χ3v) is 5.66. The van der Waals surface area contributed by atoms with E-state index in [-0.39, 0.29) is 23.9 Å². The summed E-state index contributed by atoms with van der Waals surface area (Å²) in [5.74, 6) is -0.548. The van der Waals surface area contributed by atoms with Gasteiger partial charge in [0.1, 0.15) is 18.2 Å². The van der Waals surface area contributed by atoms with Gasteiger partial charge >= 0.3 is 5.69 Å². The van der Waals surface area contributed by atoms with Gasteiger partial charge in [-0.3, -0.25) is 14.1 Å². The lowest BCUT2D eigenvalue weighted by Gasteiger charge is -2.19. The number of rotatable bonds is 3. The second-order valence-electron chi connectivity index (χ2n) is 8.12. The largest absolute Gasteiger partial charge is 0.490 e. The molecule has 0 radical (unpaired) electrons. The average Bonchev–Trinajstić information content (AvgIpc) is 2.85. The first-order valence-electron chi connectivity index (χ1n) is 9.83. The predicted molar refractivity (Wildman–Crippen MR) is 110 cm³/mol. The standard InChI is InChI=1S/C22H20F2N4O2/c1-11(2)6-13-10-30-21-18(12-4-5-17(24)26-8-12)14(23)7-15-19(21)20-16(9-25-15)27(3)22(29)28(13)20/h4-5,7-9,11,13H,6,10H2,1-3H3/t13-/m0/s1. The van der Waals surface area contributed by atoms with Gasteiger partial charge in [-0.2, -0.15) is 4.39 Å². The van der Waals surface area contributed by atoms with Crippen LogP contribution in [-0.2, 0) is 7.05 Å². The molecule has 0 amide bonds. The van der Waals surface area contributed by atoms with Crippen LogP contribution in [0.5, 0.6) is 5.75 Å². The molecule has 0 N–H and O–H groups in total. The minimum Gasteiger partial charge on any atom is -0.490 e. The fourth-order valence-corrected chi connectivity index (χ4v) is 4.36. The molecule has 1 atom stereocenters. The van der Waals surface area contributed by atoms with E-state index in [1.807, 2.05) is 0 Å². The van der Waals surface area contributed by atoms with Gasteiger partial charge in [0.25, 0.3) is 0 Å². The Morgan fingerprint density at radius 3 is 2.73 bits per heavy atom. The molecule has 0 spiro atoms. The van der Waals surface area contributed by atoms with E-state index < -0.39 is 11.8 Å². The van der Waals surface area contributed by atoms with E-state index in [0.717, 1.165) is 6.42 Å². The molecule has 6 nitrogen and oxygen atoms in total. The van der Waals surface area contributed by atoms with Gasteiger partial charge in [0.15, 0.2) is 0 Å². The summed E-state index contributed by atoms with van der Waals surface area (Å²) in [5.41, 5.74) is 2.17. The lowest BCUT2D eigenvalue weighted by atomic mass is 10.0. The monoisotopic (exact) mass is 410 g/mol. The number of nitrogens with zero attached hydrogens (tertiary/aromatic N) is 4. The molecular formula is C22H20F2N4O2. The van der Waals surface area contributed by atoms with Crippen molar-refractivity contribution in [3.8, 4) is 16.9 Å². The van der Waals surface area contributed by atoms with Crippen molar-refractivity contribution in [2.45, 2.75) is 26.3 Å². The third kappa shape index (κ3) is 2.63. The number of hydrogen-bond donors (Lipinski definition) is 0. The Kier molecular flexibility index (Phi) is 4.13. The van der Waals surface area contributed by atoms with Gasteiger partial charge in [-0.05, 0) is 24.5 Å². The second kappa shape index (κ2) is 6.62. The molecule has 5 rings (SSSR count). The van der Waals surface area contributed by atoms with E-state index in [0.29, 0.717) is 39.2 Å².